The molecule has 0 spiro atoms. The van der Waals surface area contributed by atoms with Crippen LogP contribution in [-0.2, 0) is 6.54 Å². The predicted octanol–water partition coefficient (Wildman–Crippen LogP) is 1.52. The first-order valence-electron chi connectivity index (χ1n) is 5.57. The third-order valence-electron chi connectivity index (χ3n) is 3.05. The minimum absolute atomic E-state index is 0.124. The Hall–Kier alpha value is -0.970. The van der Waals surface area contributed by atoms with Crippen molar-refractivity contribution in [2.75, 3.05) is 13.7 Å². The van der Waals surface area contributed by atoms with Crippen LogP contribution < -0.4 is 5.73 Å². The van der Waals surface area contributed by atoms with Crippen molar-refractivity contribution in [2.24, 2.45) is 5.73 Å². The average molecular weight is 252 g/mol. The Bertz CT molecular complexity index is 404. The maximum Gasteiger partial charge on any atom is 0.103 e. The summed E-state index contributed by atoms with van der Waals surface area (Å²) in [4.78, 5) is 2.52. The summed E-state index contributed by atoms with van der Waals surface area (Å²) in [7, 11) is 1.99. The van der Waals surface area contributed by atoms with Gasteiger partial charge < -0.3 is 10.8 Å². The summed E-state index contributed by atoms with van der Waals surface area (Å²) in [5.74, 6) is 0. The number of benzene rings is 1. The largest absolute Gasteiger partial charge is 0.394 e. The molecular weight excluding hydrogens is 232 g/mol. The summed E-state index contributed by atoms with van der Waals surface area (Å²) >= 11 is 4.96. The summed E-state index contributed by atoms with van der Waals surface area (Å²) in [6.07, 6.45) is 0. The molecule has 0 atom stereocenters. The maximum absolute atomic E-state index is 9.30. The van der Waals surface area contributed by atoms with E-state index in [0.29, 0.717) is 4.99 Å². The van der Waals surface area contributed by atoms with E-state index in [1.54, 1.807) is 0 Å². The molecule has 0 aliphatic carbocycles. The van der Waals surface area contributed by atoms with E-state index < -0.39 is 0 Å². The van der Waals surface area contributed by atoms with Crippen molar-refractivity contribution in [3.63, 3.8) is 0 Å². The van der Waals surface area contributed by atoms with Crippen molar-refractivity contribution >= 4 is 17.2 Å². The van der Waals surface area contributed by atoms with E-state index in [0.717, 1.165) is 17.7 Å². The van der Waals surface area contributed by atoms with Crippen molar-refractivity contribution in [2.45, 2.75) is 25.9 Å². The molecule has 0 fully saturated rings. The lowest BCUT2D eigenvalue weighted by atomic mass is 10.0. The first kappa shape index (κ1) is 14.1. The minimum atomic E-state index is -0.237. The second kappa shape index (κ2) is 5.58. The molecule has 0 saturated carbocycles. The second-order valence-corrected chi connectivity index (χ2v) is 5.33. The highest BCUT2D eigenvalue weighted by molar-refractivity contribution is 7.80. The number of hydrogen-bond donors (Lipinski definition) is 2. The molecule has 0 radical (unpaired) electrons. The number of thiocarbonyl (C=S) groups is 1. The molecule has 94 valence electrons. The summed E-state index contributed by atoms with van der Waals surface area (Å²) in [6.45, 7) is 4.89. The van der Waals surface area contributed by atoms with E-state index in [-0.39, 0.29) is 12.1 Å². The molecule has 17 heavy (non-hydrogen) atoms. The monoisotopic (exact) mass is 252 g/mol. The quantitative estimate of drug-likeness (QED) is 0.780. The fourth-order valence-electron chi connectivity index (χ4n) is 1.43. The highest BCUT2D eigenvalue weighted by Crippen LogP contribution is 2.15. The van der Waals surface area contributed by atoms with Gasteiger partial charge in [0.25, 0.3) is 0 Å². The van der Waals surface area contributed by atoms with Gasteiger partial charge in [-0.05, 0) is 32.5 Å². The molecule has 0 unspecified atom stereocenters. The Morgan fingerprint density at radius 1 is 1.47 bits per heavy atom. The summed E-state index contributed by atoms with van der Waals surface area (Å²) < 4.78 is 0. The van der Waals surface area contributed by atoms with Crippen LogP contribution in [0.4, 0.5) is 0 Å². The fourth-order valence-corrected chi connectivity index (χ4v) is 1.56. The summed E-state index contributed by atoms with van der Waals surface area (Å²) in [6, 6.07) is 7.88. The van der Waals surface area contributed by atoms with Crippen LogP contribution in [0.5, 0.6) is 0 Å². The molecule has 1 aromatic carbocycles. The van der Waals surface area contributed by atoms with E-state index in [1.807, 2.05) is 45.2 Å². The van der Waals surface area contributed by atoms with Crippen molar-refractivity contribution in [1.29, 1.82) is 0 Å². The van der Waals surface area contributed by atoms with E-state index in [2.05, 4.69) is 4.90 Å². The molecule has 0 heterocycles. The van der Waals surface area contributed by atoms with Crippen molar-refractivity contribution in [3.05, 3.63) is 35.4 Å². The Labute approximate surface area is 108 Å². The van der Waals surface area contributed by atoms with Crippen LogP contribution in [-0.4, -0.2) is 34.2 Å². The third-order valence-corrected chi connectivity index (χ3v) is 3.29. The molecule has 4 heteroatoms. The molecule has 0 amide bonds. The van der Waals surface area contributed by atoms with E-state index in [4.69, 9.17) is 18.0 Å². The Morgan fingerprint density at radius 3 is 2.65 bits per heavy atom. The highest BCUT2D eigenvalue weighted by Gasteiger charge is 2.22. The molecule has 3 nitrogen and oxygen atoms in total. The first-order valence-corrected chi connectivity index (χ1v) is 5.98. The van der Waals surface area contributed by atoms with Crippen LogP contribution in [0.2, 0.25) is 0 Å². The molecule has 0 aliphatic heterocycles. The number of hydrogen-bond acceptors (Lipinski definition) is 3. The van der Waals surface area contributed by atoms with Crippen LogP contribution in [0.3, 0.4) is 0 Å². The van der Waals surface area contributed by atoms with Crippen molar-refractivity contribution in [1.82, 2.24) is 4.90 Å². The molecule has 3 N–H and O–H groups in total. The zero-order chi connectivity index (χ0) is 13.1. The van der Waals surface area contributed by atoms with E-state index in [9.17, 15) is 5.11 Å². The first-order chi connectivity index (χ1) is 7.86. The highest BCUT2D eigenvalue weighted by atomic mass is 32.1. The van der Waals surface area contributed by atoms with Crippen molar-refractivity contribution in [3.8, 4) is 0 Å². The van der Waals surface area contributed by atoms with Gasteiger partial charge in [0, 0.05) is 17.6 Å². The van der Waals surface area contributed by atoms with Crippen LogP contribution in [0.25, 0.3) is 0 Å². The van der Waals surface area contributed by atoms with Crippen LogP contribution in [0.15, 0.2) is 24.3 Å². The molecule has 0 bridgehead atoms. The van der Waals surface area contributed by atoms with Crippen LogP contribution >= 0.6 is 12.2 Å². The fraction of sp³-hybridized carbons (Fsp3) is 0.462. The normalized spacial score (nSPS) is 11.8. The average Bonchev–Trinajstić information content (AvgIpc) is 2.29. The van der Waals surface area contributed by atoms with Gasteiger partial charge in [-0.3, -0.25) is 4.90 Å². The SMILES string of the molecule is CN(Cc1cccc(C(N)=S)c1)C(C)(C)CO. The van der Waals surface area contributed by atoms with Crippen LogP contribution in [0.1, 0.15) is 25.0 Å². The lowest BCUT2D eigenvalue weighted by Crippen LogP contribution is -2.43. The number of nitrogens with zero attached hydrogens (tertiary/aromatic N) is 1. The second-order valence-electron chi connectivity index (χ2n) is 4.89. The molecule has 1 rings (SSSR count). The van der Waals surface area contributed by atoms with Gasteiger partial charge >= 0.3 is 0 Å². The number of aliphatic hydroxyl groups excluding tert-OH is 1. The summed E-state index contributed by atoms with van der Waals surface area (Å²) in [5.41, 5.74) is 7.39. The van der Waals surface area contributed by atoms with Crippen LogP contribution in [0, 0.1) is 0 Å². The van der Waals surface area contributed by atoms with Gasteiger partial charge in [0.1, 0.15) is 4.99 Å². The zero-order valence-corrected chi connectivity index (χ0v) is 11.4. The lowest BCUT2D eigenvalue weighted by Gasteiger charge is -2.34. The van der Waals surface area contributed by atoms with Gasteiger partial charge in [0.15, 0.2) is 0 Å². The van der Waals surface area contributed by atoms with Crippen molar-refractivity contribution < 1.29 is 5.11 Å². The lowest BCUT2D eigenvalue weighted by molar-refractivity contribution is 0.0734. The number of aliphatic hydroxyl groups is 1. The third kappa shape index (κ3) is 3.77. The Morgan fingerprint density at radius 2 is 2.12 bits per heavy atom. The molecule has 0 aliphatic rings. The van der Waals surface area contributed by atoms with Gasteiger partial charge in [0.05, 0.1) is 6.61 Å². The number of nitrogens with two attached hydrogens (primary N) is 1. The summed E-state index contributed by atoms with van der Waals surface area (Å²) in [5, 5.41) is 9.30. The Balaban J connectivity index is 2.82. The smallest absolute Gasteiger partial charge is 0.103 e. The standard InChI is InChI=1S/C13H20N2OS/c1-13(2,9-16)15(3)8-10-5-4-6-11(7-10)12(14)17/h4-7,16H,8-9H2,1-3H3,(H2,14,17). The molecular formula is C13H20N2OS. The Kier molecular flexibility index (Phi) is 4.62. The van der Waals surface area contributed by atoms with Gasteiger partial charge in [-0.15, -0.1) is 0 Å². The number of likely N-dealkylation sites (N-methyl/N-ethyl adjacent to an activating group) is 1. The maximum atomic E-state index is 9.30. The zero-order valence-electron chi connectivity index (χ0n) is 10.6. The topological polar surface area (TPSA) is 49.5 Å². The predicted molar refractivity (Wildman–Crippen MR) is 75.0 cm³/mol. The van der Waals surface area contributed by atoms with Gasteiger partial charge in [-0.1, -0.05) is 30.4 Å². The molecule has 0 saturated heterocycles. The van der Waals surface area contributed by atoms with Gasteiger partial charge in [0.2, 0.25) is 0 Å². The van der Waals surface area contributed by atoms with E-state index in [1.165, 1.54) is 0 Å². The molecule has 1 aromatic rings. The van der Waals surface area contributed by atoms with Gasteiger partial charge in [-0.2, -0.15) is 0 Å². The van der Waals surface area contributed by atoms with Gasteiger partial charge in [-0.25, -0.2) is 0 Å². The van der Waals surface area contributed by atoms with E-state index >= 15 is 0 Å². The molecule has 0 aromatic heterocycles. The number of rotatable bonds is 5. The minimum Gasteiger partial charge on any atom is -0.394 e.